The van der Waals surface area contributed by atoms with Crippen LogP contribution in [0.15, 0.2) is 16.7 Å². The predicted octanol–water partition coefficient (Wildman–Crippen LogP) is 6.11. The topological polar surface area (TPSA) is 33.4 Å². The van der Waals surface area contributed by atoms with Gasteiger partial charge in [-0.1, -0.05) is 34.1 Å². The molecule has 0 amide bonds. The Morgan fingerprint density at radius 3 is 2.44 bits per heavy atom. The van der Waals surface area contributed by atoms with Gasteiger partial charge in [-0.15, -0.1) is 0 Å². The van der Waals surface area contributed by atoms with Gasteiger partial charge in [0.25, 0.3) is 0 Å². The molecule has 0 unspecified atom stereocenters. The molecule has 27 heavy (non-hydrogen) atoms. The summed E-state index contributed by atoms with van der Waals surface area (Å²) in [5.74, 6) is 3.36. The van der Waals surface area contributed by atoms with E-state index in [9.17, 15) is 5.11 Å². The normalized spacial score (nSPS) is 48.1. The third-order valence-electron chi connectivity index (χ3n) is 10.4. The molecule has 4 aliphatic rings. The molecule has 2 nitrogen and oxygen atoms in total. The molecular formula is C25H38O2. The van der Waals surface area contributed by atoms with Crippen molar-refractivity contribution in [3.8, 4) is 0 Å². The monoisotopic (exact) mass is 370 g/mol. The minimum Gasteiger partial charge on any atom is -0.468 e. The Hall–Kier alpha value is -0.760. The second-order valence-electron chi connectivity index (χ2n) is 11.7. The second kappa shape index (κ2) is 5.65. The summed E-state index contributed by atoms with van der Waals surface area (Å²) in [5.41, 5.74) is 2.53. The molecular weight excluding hydrogens is 332 g/mol. The number of rotatable bonds is 1. The molecule has 0 spiro atoms. The van der Waals surface area contributed by atoms with E-state index in [1.807, 2.05) is 6.26 Å². The summed E-state index contributed by atoms with van der Waals surface area (Å²) >= 11 is 0. The first-order valence-corrected chi connectivity index (χ1v) is 11.5. The van der Waals surface area contributed by atoms with Crippen molar-refractivity contribution < 1.29 is 9.52 Å². The molecule has 1 aromatic rings. The summed E-state index contributed by atoms with van der Waals surface area (Å²) in [6, 6.07) is 2.15. The average molecular weight is 371 g/mol. The van der Waals surface area contributed by atoms with Gasteiger partial charge in [0.15, 0.2) is 0 Å². The Morgan fingerprint density at radius 1 is 0.926 bits per heavy atom. The number of fused-ring (bicyclic) bond motifs is 7. The van der Waals surface area contributed by atoms with Gasteiger partial charge in [-0.3, -0.25) is 0 Å². The van der Waals surface area contributed by atoms with Crippen LogP contribution in [-0.2, 0) is 11.8 Å². The van der Waals surface area contributed by atoms with Crippen molar-refractivity contribution in [2.75, 3.05) is 6.61 Å². The molecule has 1 aromatic heterocycles. The Bertz CT molecular complexity index is 732. The van der Waals surface area contributed by atoms with Crippen molar-refractivity contribution in [2.45, 2.75) is 90.9 Å². The van der Waals surface area contributed by atoms with Crippen LogP contribution in [0.25, 0.3) is 0 Å². The van der Waals surface area contributed by atoms with Crippen LogP contribution < -0.4 is 0 Å². The van der Waals surface area contributed by atoms with Crippen molar-refractivity contribution in [3.05, 3.63) is 23.7 Å². The zero-order valence-electron chi connectivity index (χ0n) is 17.8. The lowest BCUT2D eigenvalue weighted by molar-refractivity contribution is -0.189. The van der Waals surface area contributed by atoms with Crippen LogP contribution in [0.3, 0.4) is 0 Å². The SMILES string of the molecule is CC1(C)CCC[C@]2(C)[C@H]3CC[C@@]4(CO)c5occc5CC[C@@H]4[C@@]3(C)CC[C@@H]12. The molecule has 2 heteroatoms. The lowest BCUT2D eigenvalue weighted by Gasteiger charge is -2.69. The molecule has 4 aliphatic carbocycles. The lowest BCUT2D eigenvalue weighted by atomic mass is 9.36. The standard InChI is InChI=1S/C25H38O2/c1-22(2)11-5-12-23(3)18(22)8-13-24(4)19(23)9-14-25(16-26)20(24)7-6-17-10-15-27-21(17)25/h10,15,18-20,26H,5-9,11-14,16H2,1-4H3/t18-,19+,20+,23-,24-,25-/m0/s1. The van der Waals surface area contributed by atoms with Gasteiger partial charge in [0.05, 0.1) is 18.3 Å². The summed E-state index contributed by atoms with van der Waals surface area (Å²) < 4.78 is 6.05. The van der Waals surface area contributed by atoms with Crippen LogP contribution in [-0.4, -0.2) is 11.7 Å². The van der Waals surface area contributed by atoms with E-state index in [2.05, 4.69) is 33.8 Å². The van der Waals surface area contributed by atoms with E-state index in [4.69, 9.17) is 4.42 Å². The predicted molar refractivity (Wildman–Crippen MR) is 109 cm³/mol. The van der Waals surface area contributed by atoms with E-state index < -0.39 is 0 Å². The molecule has 6 atom stereocenters. The van der Waals surface area contributed by atoms with Crippen LogP contribution >= 0.6 is 0 Å². The Labute approximate surface area is 165 Å². The quantitative estimate of drug-likeness (QED) is 0.646. The van der Waals surface area contributed by atoms with Crippen LogP contribution in [0.4, 0.5) is 0 Å². The van der Waals surface area contributed by atoms with Gasteiger partial charge in [-0.05, 0) is 97.0 Å². The van der Waals surface area contributed by atoms with Crippen LogP contribution in [0.5, 0.6) is 0 Å². The van der Waals surface area contributed by atoms with Crippen molar-refractivity contribution >= 4 is 0 Å². The zero-order valence-corrected chi connectivity index (χ0v) is 17.8. The van der Waals surface area contributed by atoms with Gasteiger partial charge in [0.1, 0.15) is 5.76 Å². The molecule has 0 bridgehead atoms. The van der Waals surface area contributed by atoms with Crippen molar-refractivity contribution in [3.63, 3.8) is 0 Å². The molecule has 0 aromatic carbocycles. The van der Waals surface area contributed by atoms with Gasteiger partial charge in [-0.25, -0.2) is 0 Å². The smallest absolute Gasteiger partial charge is 0.115 e. The first-order valence-electron chi connectivity index (χ1n) is 11.5. The van der Waals surface area contributed by atoms with Crippen LogP contribution in [0.2, 0.25) is 0 Å². The fraction of sp³-hybridized carbons (Fsp3) is 0.840. The van der Waals surface area contributed by atoms with Gasteiger partial charge in [0, 0.05) is 0 Å². The fourth-order valence-electron chi connectivity index (χ4n) is 9.38. The van der Waals surface area contributed by atoms with E-state index >= 15 is 0 Å². The summed E-state index contributed by atoms with van der Waals surface area (Å²) in [6.07, 6.45) is 13.5. The number of hydrogen-bond acceptors (Lipinski definition) is 2. The molecule has 1 heterocycles. The van der Waals surface area contributed by atoms with Gasteiger partial charge in [0.2, 0.25) is 0 Å². The van der Waals surface area contributed by atoms with Gasteiger partial charge in [-0.2, -0.15) is 0 Å². The second-order valence-corrected chi connectivity index (χ2v) is 11.7. The molecule has 0 saturated heterocycles. The summed E-state index contributed by atoms with van der Waals surface area (Å²) in [5, 5.41) is 10.7. The lowest BCUT2D eigenvalue weighted by Crippen LogP contribution is -2.63. The Balaban J connectivity index is 1.59. The van der Waals surface area contributed by atoms with E-state index in [1.165, 1.54) is 50.5 Å². The van der Waals surface area contributed by atoms with Gasteiger partial charge < -0.3 is 9.52 Å². The van der Waals surface area contributed by atoms with E-state index in [-0.39, 0.29) is 12.0 Å². The molecule has 5 rings (SSSR count). The number of hydrogen-bond donors (Lipinski definition) is 1. The maximum absolute atomic E-state index is 10.7. The zero-order chi connectivity index (χ0) is 19.1. The number of aryl methyl sites for hydroxylation is 1. The maximum Gasteiger partial charge on any atom is 0.115 e. The minimum atomic E-state index is -0.129. The van der Waals surface area contributed by atoms with E-state index in [1.54, 1.807) is 0 Å². The van der Waals surface area contributed by atoms with Crippen molar-refractivity contribution in [1.82, 2.24) is 0 Å². The summed E-state index contributed by atoms with van der Waals surface area (Å²) in [7, 11) is 0. The minimum absolute atomic E-state index is 0.129. The highest BCUT2D eigenvalue weighted by molar-refractivity contribution is 5.33. The third-order valence-corrected chi connectivity index (χ3v) is 10.4. The van der Waals surface area contributed by atoms with Crippen molar-refractivity contribution in [1.29, 1.82) is 0 Å². The first kappa shape index (κ1) is 18.3. The van der Waals surface area contributed by atoms with Crippen LogP contribution in [0.1, 0.15) is 90.4 Å². The largest absolute Gasteiger partial charge is 0.468 e. The highest BCUT2D eigenvalue weighted by atomic mass is 16.3. The first-order chi connectivity index (χ1) is 12.8. The Kier molecular flexibility index (Phi) is 3.82. The highest BCUT2D eigenvalue weighted by Crippen LogP contribution is 2.72. The van der Waals surface area contributed by atoms with E-state index in [0.29, 0.717) is 22.2 Å². The molecule has 3 saturated carbocycles. The third kappa shape index (κ3) is 2.17. The Morgan fingerprint density at radius 2 is 1.67 bits per heavy atom. The fourth-order valence-corrected chi connectivity index (χ4v) is 9.38. The summed E-state index contributed by atoms with van der Waals surface area (Å²) in [4.78, 5) is 0. The van der Waals surface area contributed by atoms with E-state index in [0.717, 1.165) is 30.4 Å². The average Bonchev–Trinajstić information content (AvgIpc) is 3.10. The summed E-state index contributed by atoms with van der Waals surface area (Å²) in [6.45, 7) is 10.6. The maximum atomic E-state index is 10.7. The molecule has 150 valence electrons. The molecule has 1 N–H and O–H groups in total. The van der Waals surface area contributed by atoms with Crippen LogP contribution in [0, 0.1) is 34.0 Å². The highest BCUT2D eigenvalue weighted by Gasteiger charge is 2.66. The molecule has 3 fully saturated rings. The number of furan rings is 1. The van der Waals surface area contributed by atoms with Gasteiger partial charge >= 0.3 is 0 Å². The molecule has 0 aliphatic heterocycles. The van der Waals surface area contributed by atoms with Crippen molar-refractivity contribution in [2.24, 2.45) is 34.0 Å². The molecule has 0 radical (unpaired) electrons. The number of aliphatic hydroxyl groups excluding tert-OH is 1. The number of aliphatic hydroxyl groups is 1.